The van der Waals surface area contributed by atoms with Crippen LogP contribution in [-0.4, -0.2) is 29.2 Å². The summed E-state index contributed by atoms with van der Waals surface area (Å²) < 4.78 is 61.8. The highest BCUT2D eigenvalue weighted by molar-refractivity contribution is 7.85. The quantitative estimate of drug-likeness (QED) is 0.372. The Kier molecular flexibility index (Phi) is 5.16. The van der Waals surface area contributed by atoms with Crippen molar-refractivity contribution in [3.63, 3.8) is 0 Å². The molecule has 0 saturated carbocycles. The van der Waals surface area contributed by atoms with Crippen LogP contribution in [-0.2, 0) is 16.3 Å². The van der Waals surface area contributed by atoms with Crippen LogP contribution in [0.15, 0.2) is 11.2 Å². The Morgan fingerprint density at radius 2 is 1.82 bits per heavy atom. The van der Waals surface area contributed by atoms with E-state index in [-0.39, 0.29) is 11.0 Å². The van der Waals surface area contributed by atoms with E-state index in [1.807, 2.05) is 0 Å². The minimum absolute atomic E-state index is 0.248. The molecule has 0 aliphatic rings. The van der Waals surface area contributed by atoms with Gasteiger partial charge in [0.05, 0.1) is 6.26 Å². The summed E-state index contributed by atoms with van der Waals surface area (Å²) in [6.45, 7) is 0. The molecule has 0 bridgehead atoms. The standard InChI is InChI=1S/C5H4F3N3S.CH4O3S/c6-5(7,8)2-1-3(9)11-4(12)10-2;1-5(2,3)4/h1H,(H3,9,10,11,12);1H3,(H,2,3,4). The Hall–Kier alpha value is -1.07. The van der Waals surface area contributed by atoms with Crippen molar-refractivity contribution in [2.45, 2.75) is 11.3 Å². The van der Waals surface area contributed by atoms with Gasteiger partial charge in [0.15, 0.2) is 10.9 Å². The first-order valence-corrected chi connectivity index (χ1v) is 6.02. The summed E-state index contributed by atoms with van der Waals surface area (Å²) in [4.78, 5) is 6.43. The number of aromatic nitrogens is 2. The first kappa shape index (κ1) is 15.9. The van der Waals surface area contributed by atoms with Crippen molar-refractivity contribution in [1.82, 2.24) is 9.97 Å². The second-order valence-electron chi connectivity index (χ2n) is 2.71. The van der Waals surface area contributed by atoms with Gasteiger partial charge < -0.3 is 5.73 Å². The van der Waals surface area contributed by atoms with Crippen LogP contribution >= 0.6 is 12.6 Å². The molecule has 6 nitrogen and oxygen atoms in total. The van der Waals surface area contributed by atoms with Crippen LogP contribution in [0.25, 0.3) is 0 Å². The molecule has 1 heterocycles. The van der Waals surface area contributed by atoms with E-state index in [2.05, 4.69) is 22.6 Å². The Morgan fingerprint density at radius 3 is 2.12 bits per heavy atom. The van der Waals surface area contributed by atoms with Crippen LogP contribution in [0.5, 0.6) is 0 Å². The number of hydrogen-bond donors (Lipinski definition) is 3. The van der Waals surface area contributed by atoms with Gasteiger partial charge in [0.1, 0.15) is 5.82 Å². The molecule has 0 amide bonds. The zero-order chi connectivity index (χ0) is 13.9. The molecule has 11 heteroatoms. The lowest BCUT2D eigenvalue weighted by atomic mass is 10.4. The van der Waals surface area contributed by atoms with Crippen LogP contribution in [0.4, 0.5) is 19.0 Å². The van der Waals surface area contributed by atoms with Gasteiger partial charge in [-0.25, -0.2) is 9.97 Å². The van der Waals surface area contributed by atoms with Gasteiger partial charge in [-0.2, -0.15) is 21.6 Å². The molecule has 17 heavy (non-hydrogen) atoms. The van der Waals surface area contributed by atoms with Crippen LogP contribution in [0, 0.1) is 0 Å². The van der Waals surface area contributed by atoms with Crippen molar-refractivity contribution in [3.05, 3.63) is 11.8 Å². The smallest absolute Gasteiger partial charge is 0.384 e. The van der Waals surface area contributed by atoms with Gasteiger partial charge in [-0.15, -0.1) is 12.6 Å². The number of nitrogens with zero attached hydrogens (tertiary/aromatic N) is 2. The van der Waals surface area contributed by atoms with E-state index in [1.54, 1.807) is 0 Å². The van der Waals surface area contributed by atoms with Crippen molar-refractivity contribution in [2.75, 3.05) is 12.0 Å². The number of rotatable bonds is 0. The molecule has 0 unspecified atom stereocenters. The van der Waals surface area contributed by atoms with E-state index in [0.717, 1.165) is 0 Å². The molecule has 98 valence electrons. The van der Waals surface area contributed by atoms with Crippen molar-refractivity contribution in [2.24, 2.45) is 0 Å². The number of thiol groups is 1. The average molecular weight is 291 g/mol. The van der Waals surface area contributed by atoms with E-state index >= 15 is 0 Å². The Labute approximate surface area is 100 Å². The van der Waals surface area contributed by atoms with Crippen molar-refractivity contribution in [3.8, 4) is 0 Å². The third kappa shape index (κ3) is 8.71. The summed E-state index contributed by atoms with van der Waals surface area (Å²) in [7, 11) is -3.67. The first-order valence-electron chi connectivity index (χ1n) is 3.73. The summed E-state index contributed by atoms with van der Waals surface area (Å²) in [5.41, 5.74) is 3.97. The van der Waals surface area contributed by atoms with Gasteiger partial charge in [-0.05, 0) is 0 Å². The average Bonchev–Trinajstić information content (AvgIpc) is 1.96. The highest BCUT2D eigenvalue weighted by Crippen LogP contribution is 2.28. The number of halogens is 3. The Balaban J connectivity index is 0.000000437. The van der Waals surface area contributed by atoms with E-state index in [9.17, 15) is 21.6 Å². The van der Waals surface area contributed by atoms with Crippen molar-refractivity contribution >= 4 is 28.6 Å². The second kappa shape index (κ2) is 5.51. The van der Waals surface area contributed by atoms with E-state index in [0.29, 0.717) is 12.3 Å². The maximum Gasteiger partial charge on any atom is 0.433 e. The summed E-state index contributed by atoms with van der Waals surface area (Å²) in [6.07, 6.45) is -3.79. The molecule has 0 fully saturated rings. The van der Waals surface area contributed by atoms with Crippen molar-refractivity contribution in [1.29, 1.82) is 0 Å². The third-order valence-corrected chi connectivity index (χ3v) is 1.22. The molecule has 0 radical (unpaired) electrons. The monoisotopic (exact) mass is 291 g/mol. The fourth-order valence-corrected chi connectivity index (χ4v) is 0.821. The molecule has 1 rings (SSSR count). The molecule has 0 spiro atoms. The highest BCUT2D eigenvalue weighted by atomic mass is 32.2. The predicted molar refractivity (Wildman–Crippen MR) is 56.2 cm³/mol. The van der Waals surface area contributed by atoms with Crippen LogP contribution in [0.3, 0.4) is 0 Å². The molecule has 0 saturated heterocycles. The van der Waals surface area contributed by atoms with Gasteiger partial charge >= 0.3 is 6.18 Å². The minimum Gasteiger partial charge on any atom is -0.384 e. The van der Waals surface area contributed by atoms with E-state index in [4.69, 9.17) is 10.3 Å². The van der Waals surface area contributed by atoms with Crippen LogP contribution in [0.2, 0.25) is 0 Å². The Morgan fingerprint density at radius 1 is 1.41 bits per heavy atom. The molecule has 1 aromatic rings. The number of hydrogen-bond acceptors (Lipinski definition) is 6. The Bertz CT molecular complexity index is 461. The van der Waals surface area contributed by atoms with Gasteiger partial charge in [0, 0.05) is 6.07 Å². The molecule has 0 aliphatic carbocycles. The van der Waals surface area contributed by atoms with Crippen LogP contribution in [0.1, 0.15) is 5.69 Å². The highest BCUT2D eigenvalue weighted by Gasteiger charge is 2.33. The van der Waals surface area contributed by atoms with Gasteiger partial charge in [0.25, 0.3) is 10.1 Å². The summed E-state index contributed by atoms with van der Waals surface area (Å²) in [5, 5.41) is -0.290. The summed E-state index contributed by atoms with van der Waals surface area (Å²) in [5.74, 6) is -0.248. The predicted octanol–water partition coefficient (Wildman–Crippen LogP) is 0.870. The maximum atomic E-state index is 12.0. The SMILES string of the molecule is CS(=O)(=O)O.Nc1cc(C(F)(F)F)nc(S)n1. The molecule has 3 N–H and O–H groups in total. The van der Waals surface area contributed by atoms with Gasteiger partial charge in [0.2, 0.25) is 0 Å². The minimum atomic E-state index is -4.51. The first-order chi connectivity index (χ1) is 7.39. The molecular weight excluding hydrogens is 283 g/mol. The molecule has 0 aliphatic heterocycles. The molecule has 1 aromatic heterocycles. The topological polar surface area (TPSA) is 106 Å². The lowest BCUT2D eigenvalue weighted by Gasteiger charge is -2.05. The zero-order valence-electron chi connectivity index (χ0n) is 8.30. The van der Waals surface area contributed by atoms with E-state index < -0.39 is 22.0 Å². The number of nitrogen functional groups attached to an aromatic ring is 1. The fourth-order valence-electron chi connectivity index (χ4n) is 0.598. The third-order valence-electron chi connectivity index (χ3n) is 1.02. The van der Waals surface area contributed by atoms with Crippen molar-refractivity contribution < 1.29 is 26.1 Å². The lowest BCUT2D eigenvalue weighted by molar-refractivity contribution is -0.141. The van der Waals surface area contributed by atoms with Gasteiger partial charge in [-0.1, -0.05) is 0 Å². The summed E-state index contributed by atoms with van der Waals surface area (Å²) >= 11 is 3.55. The number of alkyl halides is 3. The van der Waals surface area contributed by atoms with Crippen LogP contribution < -0.4 is 5.73 Å². The number of nitrogens with two attached hydrogens (primary N) is 1. The fraction of sp³-hybridized carbons (Fsp3) is 0.333. The lowest BCUT2D eigenvalue weighted by Crippen LogP contribution is -2.10. The molecule has 0 atom stereocenters. The largest absolute Gasteiger partial charge is 0.433 e. The molecule has 0 aromatic carbocycles. The van der Waals surface area contributed by atoms with Gasteiger partial charge in [-0.3, -0.25) is 4.55 Å². The maximum absolute atomic E-state index is 12.0. The molecular formula is C6H8F3N3O3S2. The second-order valence-corrected chi connectivity index (χ2v) is 4.57. The zero-order valence-corrected chi connectivity index (χ0v) is 10.0. The normalized spacial score (nSPS) is 11.6. The number of anilines is 1. The summed E-state index contributed by atoms with van der Waals surface area (Å²) in [6, 6.07) is 0.652. The van der Waals surface area contributed by atoms with E-state index in [1.165, 1.54) is 0 Å².